The maximum absolute atomic E-state index is 13.0. The highest BCUT2D eigenvalue weighted by molar-refractivity contribution is 9.10. The monoisotopic (exact) mass is 458 g/mol. The van der Waals surface area contributed by atoms with Crippen molar-refractivity contribution >= 4 is 33.2 Å². The summed E-state index contributed by atoms with van der Waals surface area (Å²) < 4.78 is 21.2. The van der Waals surface area contributed by atoms with E-state index in [1.165, 1.54) is 18.3 Å². The topological polar surface area (TPSA) is 77.7 Å². The second-order valence-corrected chi connectivity index (χ2v) is 7.24. The molecule has 148 valence electrons. The number of ether oxygens (including phenoxy) is 1. The Bertz CT molecular complexity index is 1030. The molecule has 7 nitrogen and oxygen atoms in total. The molecule has 0 fully saturated rings. The van der Waals surface area contributed by atoms with Gasteiger partial charge in [0.1, 0.15) is 11.6 Å². The number of nitrogens with one attached hydrogen (secondary N) is 1. The SMILES string of the molecule is O=C(Nc1cnn(COc2ccc(Br)cc2)c1)C1CC(c2ccc(F)cc2)=NO1. The molecular formula is C20H16BrFN4O3. The average Bonchev–Trinajstić information content (AvgIpc) is 3.38. The third kappa shape index (κ3) is 4.80. The lowest BCUT2D eigenvalue weighted by molar-refractivity contribution is -0.125. The molecule has 0 saturated carbocycles. The van der Waals surface area contributed by atoms with Gasteiger partial charge in [-0.05, 0) is 42.0 Å². The van der Waals surface area contributed by atoms with Crippen molar-refractivity contribution in [3.63, 3.8) is 0 Å². The summed E-state index contributed by atoms with van der Waals surface area (Å²) >= 11 is 3.37. The number of oxime groups is 1. The van der Waals surface area contributed by atoms with Gasteiger partial charge in [-0.15, -0.1) is 0 Å². The minimum Gasteiger partial charge on any atom is -0.471 e. The second-order valence-electron chi connectivity index (χ2n) is 6.33. The van der Waals surface area contributed by atoms with E-state index < -0.39 is 6.10 Å². The van der Waals surface area contributed by atoms with Gasteiger partial charge in [0.05, 0.1) is 23.8 Å². The molecule has 1 aromatic heterocycles. The van der Waals surface area contributed by atoms with Crippen LogP contribution in [0.5, 0.6) is 5.75 Å². The third-order valence-electron chi connectivity index (χ3n) is 4.22. The zero-order chi connectivity index (χ0) is 20.2. The molecule has 0 aliphatic carbocycles. The van der Waals surface area contributed by atoms with Crippen molar-refractivity contribution in [3.05, 3.63) is 76.8 Å². The van der Waals surface area contributed by atoms with Gasteiger partial charge < -0.3 is 14.9 Å². The van der Waals surface area contributed by atoms with E-state index in [9.17, 15) is 9.18 Å². The lowest BCUT2D eigenvalue weighted by atomic mass is 10.0. The Hall–Kier alpha value is -3.20. The highest BCUT2D eigenvalue weighted by Gasteiger charge is 2.29. The van der Waals surface area contributed by atoms with Crippen LogP contribution < -0.4 is 10.1 Å². The van der Waals surface area contributed by atoms with Crippen LogP contribution in [0.3, 0.4) is 0 Å². The van der Waals surface area contributed by atoms with Crippen LogP contribution in [0.2, 0.25) is 0 Å². The maximum Gasteiger partial charge on any atom is 0.268 e. The predicted octanol–water partition coefficient (Wildman–Crippen LogP) is 3.95. The minimum absolute atomic E-state index is 0.204. The molecule has 9 heteroatoms. The van der Waals surface area contributed by atoms with Crippen molar-refractivity contribution in [2.24, 2.45) is 5.16 Å². The Morgan fingerprint density at radius 3 is 2.76 bits per heavy atom. The van der Waals surface area contributed by atoms with Gasteiger partial charge >= 0.3 is 0 Å². The summed E-state index contributed by atoms with van der Waals surface area (Å²) in [6.07, 6.45) is 2.74. The highest BCUT2D eigenvalue weighted by atomic mass is 79.9. The first-order chi connectivity index (χ1) is 14.1. The van der Waals surface area contributed by atoms with Crippen LogP contribution in [0.25, 0.3) is 0 Å². The summed E-state index contributed by atoms with van der Waals surface area (Å²) in [6, 6.07) is 13.3. The summed E-state index contributed by atoms with van der Waals surface area (Å²) in [7, 11) is 0. The number of hydrogen-bond acceptors (Lipinski definition) is 5. The fourth-order valence-corrected chi connectivity index (χ4v) is 2.99. The molecule has 0 bridgehead atoms. The smallest absolute Gasteiger partial charge is 0.268 e. The van der Waals surface area contributed by atoms with Crippen molar-refractivity contribution in [2.45, 2.75) is 19.3 Å². The molecule has 1 N–H and O–H groups in total. The zero-order valence-corrected chi connectivity index (χ0v) is 16.7. The van der Waals surface area contributed by atoms with Crippen LogP contribution in [-0.4, -0.2) is 27.5 Å². The quantitative estimate of drug-likeness (QED) is 0.606. The standard InChI is InChI=1S/C20H16BrFN4O3/c21-14-3-7-17(8-4-14)28-12-26-11-16(10-23-26)24-20(27)19-9-18(25-29-19)13-1-5-15(22)6-2-13/h1-8,10-11,19H,9,12H2,(H,24,27). The van der Waals surface area contributed by atoms with Crippen molar-refractivity contribution in [1.82, 2.24) is 9.78 Å². The van der Waals surface area contributed by atoms with Gasteiger partial charge in [0, 0.05) is 10.9 Å². The first-order valence-electron chi connectivity index (χ1n) is 8.77. The fraction of sp³-hybridized carbons (Fsp3) is 0.150. The van der Waals surface area contributed by atoms with Gasteiger partial charge in [-0.1, -0.05) is 33.2 Å². The molecule has 0 radical (unpaired) electrons. The van der Waals surface area contributed by atoms with Crippen molar-refractivity contribution in [1.29, 1.82) is 0 Å². The van der Waals surface area contributed by atoms with Crippen molar-refractivity contribution < 1.29 is 18.8 Å². The molecule has 1 aliphatic rings. The Labute approximate surface area is 174 Å². The summed E-state index contributed by atoms with van der Waals surface area (Å²) in [5, 5.41) is 10.9. The van der Waals surface area contributed by atoms with E-state index >= 15 is 0 Å². The van der Waals surface area contributed by atoms with Crippen LogP contribution in [0, 0.1) is 5.82 Å². The normalized spacial score (nSPS) is 15.5. The molecule has 29 heavy (non-hydrogen) atoms. The van der Waals surface area contributed by atoms with Gasteiger partial charge in [-0.25, -0.2) is 9.07 Å². The second kappa shape index (κ2) is 8.44. The molecule has 0 spiro atoms. The van der Waals surface area contributed by atoms with E-state index in [0.29, 0.717) is 23.6 Å². The van der Waals surface area contributed by atoms with Gasteiger partial charge in [-0.2, -0.15) is 5.10 Å². The molecule has 2 aromatic carbocycles. The molecule has 0 saturated heterocycles. The van der Waals surface area contributed by atoms with E-state index in [2.05, 4.69) is 31.5 Å². The Morgan fingerprint density at radius 1 is 1.24 bits per heavy atom. The molecule has 1 atom stereocenters. The van der Waals surface area contributed by atoms with E-state index in [-0.39, 0.29) is 18.5 Å². The summed E-state index contributed by atoms with van der Waals surface area (Å²) in [4.78, 5) is 17.7. The lowest BCUT2D eigenvalue weighted by Crippen LogP contribution is -2.27. The zero-order valence-electron chi connectivity index (χ0n) is 15.1. The summed E-state index contributed by atoms with van der Waals surface area (Å²) in [6.45, 7) is 0.204. The number of amides is 1. The number of hydrogen-bond donors (Lipinski definition) is 1. The minimum atomic E-state index is -0.752. The highest BCUT2D eigenvalue weighted by Crippen LogP contribution is 2.19. The van der Waals surface area contributed by atoms with E-state index in [4.69, 9.17) is 9.57 Å². The number of anilines is 1. The molecule has 1 unspecified atom stereocenters. The van der Waals surface area contributed by atoms with E-state index in [1.807, 2.05) is 24.3 Å². The van der Waals surface area contributed by atoms with Crippen LogP contribution in [0.15, 0.2) is 70.6 Å². The largest absolute Gasteiger partial charge is 0.471 e. The molecular weight excluding hydrogens is 443 g/mol. The first-order valence-corrected chi connectivity index (χ1v) is 9.56. The number of aromatic nitrogens is 2. The van der Waals surface area contributed by atoms with E-state index in [0.717, 1.165) is 10.0 Å². The average molecular weight is 459 g/mol. The van der Waals surface area contributed by atoms with Gasteiger partial charge in [0.25, 0.3) is 5.91 Å². The number of halogens is 2. The van der Waals surface area contributed by atoms with E-state index in [1.54, 1.807) is 23.0 Å². The van der Waals surface area contributed by atoms with Crippen molar-refractivity contribution in [3.8, 4) is 5.75 Å². The van der Waals surface area contributed by atoms with Crippen LogP contribution in [0.1, 0.15) is 12.0 Å². The van der Waals surface area contributed by atoms with Crippen LogP contribution in [-0.2, 0) is 16.4 Å². The Kier molecular flexibility index (Phi) is 5.57. The molecule has 2 heterocycles. The number of carbonyl (C=O) groups is 1. The van der Waals surface area contributed by atoms with Crippen molar-refractivity contribution in [2.75, 3.05) is 5.32 Å². The van der Waals surface area contributed by atoms with Gasteiger partial charge in [0.2, 0.25) is 6.10 Å². The Morgan fingerprint density at radius 2 is 2.00 bits per heavy atom. The first kappa shape index (κ1) is 19.1. The number of benzene rings is 2. The summed E-state index contributed by atoms with van der Waals surface area (Å²) in [5.41, 5.74) is 1.84. The number of nitrogens with zero attached hydrogens (tertiary/aromatic N) is 3. The van der Waals surface area contributed by atoms with Crippen LogP contribution in [0.4, 0.5) is 10.1 Å². The van der Waals surface area contributed by atoms with Gasteiger partial charge in [-0.3, -0.25) is 4.79 Å². The lowest BCUT2D eigenvalue weighted by Gasteiger charge is -2.08. The maximum atomic E-state index is 13.0. The third-order valence-corrected chi connectivity index (χ3v) is 4.75. The fourth-order valence-electron chi connectivity index (χ4n) is 2.72. The molecule has 1 aliphatic heterocycles. The number of carbonyl (C=O) groups excluding carboxylic acids is 1. The molecule has 1 amide bonds. The number of rotatable bonds is 6. The van der Waals surface area contributed by atoms with Crippen LogP contribution >= 0.6 is 15.9 Å². The van der Waals surface area contributed by atoms with Gasteiger partial charge in [0.15, 0.2) is 6.73 Å². The molecule has 3 aromatic rings. The molecule has 4 rings (SSSR count). The Balaban J connectivity index is 1.29. The predicted molar refractivity (Wildman–Crippen MR) is 108 cm³/mol. The summed E-state index contributed by atoms with van der Waals surface area (Å²) in [5.74, 6) is 0.0436.